The number of hydrogen-bond donors (Lipinski definition) is 1. The molecule has 2 N–H and O–H groups in total. The van der Waals surface area contributed by atoms with Gasteiger partial charge >= 0.3 is 30.4 Å². The van der Waals surface area contributed by atoms with Crippen LogP contribution in [0, 0.1) is 5.63 Å². The second-order valence-corrected chi connectivity index (χ2v) is 0.952. The van der Waals surface area contributed by atoms with Crippen molar-refractivity contribution in [1.29, 1.82) is 0 Å². The van der Waals surface area contributed by atoms with Crippen molar-refractivity contribution in [2.24, 2.45) is 5.73 Å². The second kappa shape index (κ2) is 9.07. The van der Waals surface area contributed by atoms with Gasteiger partial charge in [0.15, 0.2) is 0 Å². The van der Waals surface area contributed by atoms with Gasteiger partial charge in [-0.1, -0.05) is 0 Å². The fraction of sp³-hybridized carbons (Fsp3) is 0.500. The molecule has 0 aliphatic carbocycles. The Hall–Kier alpha value is 0.450. The molecule has 0 aliphatic heterocycles. The Balaban J connectivity index is 0. The predicted molar refractivity (Wildman–Crippen MR) is 30.9 cm³/mol. The molecule has 0 bridgehead atoms. The Morgan fingerprint density at radius 3 is 2.33 bits per heavy atom. The molecule has 0 saturated carbocycles. The predicted octanol–water partition coefficient (Wildman–Crippen LogP) is 0.774. The van der Waals surface area contributed by atoms with Gasteiger partial charge in [-0.25, -0.2) is 0 Å². The molecule has 0 aromatic carbocycles. The Bertz CT molecular complexity index is 95.1. The molecule has 2 nitrogen and oxygen atoms in total. The molecule has 0 aromatic rings. The van der Waals surface area contributed by atoms with E-state index in [2.05, 4.69) is 5.63 Å². The summed E-state index contributed by atoms with van der Waals surface area (Å²) in [5.41, 5.74) is 7.13. The fourth-order valence-electron chi connectivity index (χ4n) is 0.0373. The Morgan fingerprint density at radius 1 is 1.83 bits per heavy atom. The van der Waals surface area contributed by atoms with Crippen LogP contribution < -0.4 is 5.73 Å². The van der Waals surface area contributed by atoms with E-state index in [-0.39, 0.29) is 31.4 Å². The van der Waals surface area contributed by atoms with Crippen LogP contribution in [0.1, 0.15) is 0 Å². The van der Waals surface area contributed by atoms with Crippen molar-refractivity contribution in [3.63, 3.8) is 0 Å². The van der Waals surface area contributed by atoms with Crippen LogP contribution in [-0.4, -0.2) is 6.54 Å². The maximum atomic E-state index is 9.31. The van der Waals surface area contributed by atoms with Crippen LogP contribution in [-0.2, 0) is 4.57 Å². The molecule has 0 aromatic heterocycles. The van der Waals surface area contributed by atoms with Crippen LogP contribution in [0.2, 0.25) is 0 Å². The van der Waals surface area contributed by atoms with Gasteiger partial charge in [0.1, 0.15) is 0 Å². The summed E-state index contributed by atoms with van der Waals surface area (Å²) in [5, 5.41) is 0. The Morgan fingerprint density at radius 2 is 2.33 bits per heavy atom. The third kappa shape index (κ3) is 8.82. The molecule has 6 heavy (non-hydrogen) atoms. The summed E-state index contributed by atoms with van der Waals surface area (Å²) in [6, 6.07) is 0. The first-order valence-electron chi connectivity index (χ1n) is 1.17. The molecule has 0 fully saturated rings. The average Bonchev–Trinajstić information content (AvgIpc) is 1.41. The molecular formula is C2H5BrNOP. The first-order valence-corrected chi connectivity index (χ1v) is 1.98. The molecule has 0 rings (SSSR count). The first kappa shape index (κ1) is 9.67. The van der Waals surface area contributed by atoms with Gasteiger partial charge in [-0.05, 0) is 0 Å². The van der Waals surface area contributed by atoms with Crippen molar-refractivity contribution in [3.8, 4) is 5.63 Å². The van der Waals surface area contributed by atoms with E-state index >= 15 is 0 Å². The summed E-state index contributed by atoms with van der Waals surface area (Å²) in [7, 11) is -0.0953. The van der Waals surface area contributed by atoms with E-state index in [1.54, 1.807) is 0 Å². The molecule has 0 heterocycles. The quantitative estimate of drug-likeness (QED) is 0.545. The van der Waals surface area contributed by atoms with Crippen molar-refractivity contribution in [2.75, 3.05) is 6.54 Å². The van der Waals surface area contributed by atoms with E-state index in [1.807, 2.05) is 0 Å². The second-order valence-electron chi connectivity index (χ2n) is 0.454. The van der Waals surface area contributed by atoms with Crippen molar-refractivity contribution in [1.82, 2.24) is 0 Å². The van der Waals surface area contributed by atoms with Crippen LogP contribution in [0.25, 0.3) is 0 Å². The van der Waals surface area contributed by atoms with Crippen LogP contribution in [0.15, 0.2) is 0 Å². The Kier molecular flexibility index (Phi) is 14.6. The van der Waals surface area contributed by atoms with Gasteiger partial charge in [-0.2, -0.15) is 0 Å². The molecule has 36 valence electrons. The van der Waals surface area contributed by atoms with Crippen LogP contribution in [0.5, 0.6) is 0 Å². The molecule has 0 aliphatic rings. The maximum absolute atomic E-state index is 9.31. The molecule has 0 radical (unpaired) electrons. The number of halogens is 1. The van der Waals surface area contributed by atoms with E-state index in [9.17, 15) is 4.57 Å². The summed E-state index contributed by atoms with van der Waals surface area (Å²) >= 11 is 0. The molecule has 0 unspecified atom stereocenters. The molecule has 4 heteroatoms. The van der Waals surface area contributed by atoms with Gasteiger partial charge in [0.25, 0.3) is 0 Å². The first-order chi connectivity index (χ1) is 2.41. The average molecular weight is 170 g/mol. The summed E-state index contributed by atoms with van der Waals surface area (Å²) in [6.45, 7) is 0.269. The van der Waals surface area contributed by atoms with Gasteiger partial charge in [0.2, 0.25) is 0 Å². The number of nitrogens with two attached hydrogens (primary N) is 1. The molecule has 0 atom stereocenters. The van der Waals surface area contributed by atoms with Crippen molar-refractivity contribution in [3.05, 3.63) is 0 Å². The van der Waals surface area contributed by atoms with E-state index in [0.717, 1.165) is 0 Å². The SMILES string of the molecule is Br.NCC#P=O. The minimum atomic E-state index is -0.0953. The molecule has 0 spiro atoms. The van der Waals surface area contributed by atoms with Crippen LogP contribution >= 0.6 is 24.9 Å². The van der Waals surface area contributed by atoms with Crippen molar-refractivity contribution in [2.45, 2.75) is 0 Å². The Labute approximate surface area is 48.0 Å². The zero-order valence-electron chi connectivity index (χ0n) is 3.05. The van der Waals surface area contributed by atoms with Gasteiger partial charge in [-0.15, -0.1) is 17.0 Å². The summed E-state index contributed by atoms with van der Waals surface area (Å²) < 4.78 is 9.31. The summed E-state index contributed by atoms with van der Waals surface area (Å²) in [5.74, 6) is 0. The van der Waals surface area contributed by atoms with Crippen molar-refractivity contribution >= 4 is 24.9 Å². The standard InChI is InChI=1S/C2H4NOP.BrH/c3-1-2-5-4;/h1,3H2;1H. The van der Waals surface area contributed by atoms with Gasteiger partial charge in [-0.3, -0.25) is 0 Å². The summed E-state index contributed by atoms with van der Waals surface area (Å²) in [4.78, 5) is 0. The number of hydrogen-bond acceptors (Lipinski definition) is 2. The fourth-order valence-corrected chi connectivity index (χ4v) is 0.112. The zero-order valence-corrected chi connectivity index (χ0v) is 5.66. The van der Waals surface area contributed by atoms with Crippen LogP contribution in [0.4, 0.5) is 0 Å². The van der Waals surface area contributed by atoms with Gasteiger partial charge < -0.3 is 0 Å². The van der Waals surface area contributed by atoms with Crippen molar-refractivity contribution < 1.29 is 4.57 Å². The molecule has 0 saturated heterocycles. The normalized spacial score (nSPS) is 4.83. The van der Waals surface area contributed by atoms with E-state index in [0.29, 0.717) is 0 Å². The van der Waals surface area contributed by atoms with E-state index in [4.69, 9.17) is 5.73 Å². The molecule has 0 amide bonds. The third-order valence-electron chi connectivity index (χ3n) is 0.156. The van der Waals surface area contributed by atoms with Gasteiger partial charge in [0.05, 0.1) is 0 Å². The third-order valence-corrected chi connectivity index (χ3v) is 0.468. The molecular weight excluding hydrogens is 165 g/mol. The van der Waals surface area contributed by atoms with Crippen LogP contribution in [0.3, 0.4) is 0 Å². The summed E-state index contributed by atoms with van der Waals surface area (Å²) in [6.07, 6.45) is 0. The van der Waals surface area contributed by atoms with Gasteiger partial charge in [0, 0.05) is 0 Å². The minimum absolute atomic E-state index is 0. The zero-order chi connectivity index (χ0) is 4.12. The van der Waals surface area contributed by atoms with E-state index in [1.165, 1.54) is 0 Å². The monoisotopic (exact) mass is 169 g/mol. The topological polar surface area (TPSA) is 43.1 Å². The number of rotatable bonds is 0. The van der Waals surface area contributed by atoms with E-state index < -0.39 is 0 Å².